The highest BCUT2D eigenvalue weighted by atomic mass is 16.5. The minimum absolute atomic E-state index is 0.130. The molecule has 1 aromatic heterocycles. The molecule has 1 saturated carbocycles. The van der Waals surface area contributed by atoms with Crippen LogP contribution >= 0.6 is 0 Å². The van der Waals surface area contributed by atoms with E-state index in [1.165, 1.54) is 6.07 Å². The van der Waals surface area contributed by atoms with Gasteiger partial charge in [0.05, 0.1) is 18.1 Å². The van der Waals surface area contributed by atoms with Crippen molar-refractivity contribution in [1.29, 1.82) is 0 Å². The number of esters is 1. The predicted octanol–water partition coefficient (Wildman–Crippen LogP) is 2.66. The number of ether oxygens (including phenoxy) is 2. The van der Waals surface area contributed by atoms with Gasteiger partial charge in [0.2, 0.25) is 0 Å². The molecule has 1 N–H and O–H groups in total. The van der Waals surface area contributed by atoms with Crippen LogP contribution in [-0.4, -0.2) is 29.9 Å². The number of aliphatic hydroxyl groups is 1. The van der Waals surface area contributed by atoms with Gasteiger partial charge in [0.1, 0.15) is 17.9 Å². The van der Waals surface area contributed by atoms with Gasteiger partial charge in [-0.05, 0) is 50.8 Å². The maximum atomic E-state index is 11.8. The van der Waals surface area contributed by atoms with Crippen LogP contribution in [0.15, 0.2) is 39.5 Å². The highest BCUT2D eigenvalue weighted by molar-refractivity contribution is 5.77. The van der Waals surface area contributed by atoms with E-state index in [2.05, 4.69) is 0 Å². The fourth-order valence-electron chi connectivity index (χ4n) is 3.14. The second-order valence-corrected chi connectivity index (χ2v) is 6.49. The predicted molar refractivity (Wildman–Crippen MR) is 91.5 cm³/mol. The van der Waals surface area contributed by atoms with Crippen molar-refractivity contribution in [1.82, 2.24) is 0 Å². The Balaban J connectivity index is 1.60. The molecule has 0 saturated heterocycles. The van der Waals surface area contributed by atoms with Crippen LogP contribution in [-0.2, 0) is 9.53 Å². The summed E-state index contributed by atoms with van der Waals surface area (Å²) in [6.07, 6.45) is 2.15. The van der Waals surface area contributed by atoms with Gasteiger partial charge in [0, 0.05) is 17.5 Å². The molecule has 0 radical (unpaired) electrons. The highest BCUT2D eigenvalue weighted by Crippen LogP contribution is 2.33. The molecule has 1 heterocycles. The van der Waals surface area contributed by atoms with Crippen molar-refractivity contribution in [3.8, 4) is 5.75 Å². The quantitative estimate of drug-likeness (QED) is 0.662. The minimum atomic E-state index is -0.963. The average molecular weight is 346 g/mol. The number of carbonyl (C=O) groups is 1. The Kier molecular flexibility index (Phi) is 5.08. The summed E-state index contributed by atoms with van der Waals surface area (Å²) in [6, 6.07) is 8.28. The van der Waals surface area contributed by atoms with E-state index in [4.69, 9.17) is 13.9 Å². The minimum Gasteiger partial charge on any atom is -0.490 e. The van der Waals surface area contributed by atoms with Gasteiger partial charge in [-0.2, -0.15) is 0 Å². The second-order valence-electron chi connectivity index (χ2n) is 6.49. The van der Waals surface area contributed by atoms with E-state index >= 15 is 0 Å². The Morgan fingerprint density at radius 3 is 2.72 bits per heavy atom. The first-order valence-corrected chi connectivity index (χ1v) is 8.55. The number of rotatable bonds is 5. The summed E-state index contributed by atoms with van der Waals surface area (Å²) in [6.45, 7) is 2.29. The van der Waals surface area contributed by atoms with E-state index in [0.29, 0.717) is 43.6 Å². The molecule has 3 rings (SSSR count). The van der Waals surface area contributed by atoms with Crippen molar-refractivity contribution in [3.05, 3.63) is 40.8 Å². The maximum Gasteiger partial charge on any atom is 0.336 e. The summed E-state index contributed by atoms with van der Waals surface area (Å²) < 4.78 is 15.9. The van der Waals surface area contributed by atoms with E-state index in [-0.39, 0.29) is 18.5 Å². The van der Waals surface area contributed by atoms with E-state index < -0.39 is 11.2 Å². The number of benzene rings is 1. The molecule has 25 heavy (non-hydrogen) atoms. The first kappa shape index (κ1) is 17.5. The van der Waals surface area contributed by atoms with Gasteiger partial charge < -0.3 is 19.0 Å². The van der Waals surface area contributed by atoms with E-state index in [1.807, 2.05) is 0 Å². The van der Waals surface area contributed by atoms with Crippen LogP contribution in [0, 0.1) is 5.92 Å². The Hall–Kier alpha value is -2.34. The highest BCUT2D eigenvalue weighted by Gasteiger charge is 2.37. The summed E-state index contributed by atoms with van der Waals surface area (Å²) in [5, 5.41) is 11.5. The van der Waals surface area contributed by atoms with E-state index in [9.17, 15) is 14.7 Å². The molecule has 0 bridgehead atoms. The Bertz CT molecular complexity index is 801. The van der Waals surface area contributed by atoms with Crippen molar-refractivity contribution < 1.29 is 23.8 Å². The Morgan fingerprint density at radius 1 is 1.28 bits per heavy atom. The van der Waals surface area contributed by atoms with Gasteiger partial charge in [-0.25, -0.2) is 4.79 Å². The molecule has 134 valence electrons. The topological polar surface area (TPSA) is 86.0 Å². The third kappa shape index (κ3) is 4.20. The molecule has 1 aliphatic rings. The molecular formula is C19H22O6. The molecule has 2 aromatic rings. The molecule has 6 nitrogen and oxygen atoms in total. The number of fused-ring (bicyclic) bond motifs is 1. The van der Waals surface area contributed by atoms with Crippen molar-refractivity contribution in [2.24, 2.45) is 5.92 Å². The van der Waals surface area contributed by atoms with Gasteiger partial charge in [-0.15, -0.1) is 0 Å². The number of hydrogen-bond acceptors (Lipinski definition) is 6. The van der Waals surface area contributed by atoms with Crippen molar-refractivity contribution in [3.63, 3.8) is 0 Å². The zero-order chi connectivity index (χ0) is 17.9. The maximum absolute atomic E-state index is 11.8. The third-order valence-corrected chi connectivity index (χ3v) is 4.64. The largest absolute Gasteiger partial charge is 0.490 e. The summed E-state index contributed by atoms with van der Waals surface area (Å²) in [5.41, 5.74) is -0.932. The molecular weight excluding hydrogens is 324 g/mol. The third-order valence-electron chi connectivity index (χ3n) is 4.64. The lowest BCUT2D eigenvalue weighted by molar-refractivity contribution is -0.151. The lowest BCUT2D eigenvalue weighted by atomic mass is 9.79. The molecule has 0 spiro atoms. The zero-order valence-electron chi connectivity index (χ0n) is 14.2. The summed E-state index contributed by atoms with van der Waals surface area (Å²) >= 11 is 0. The SMILES string of the molecule is CCOC(=O)C1CCC(O)(COc2ccc3ccc(=O)oc3c2)CC1. The van der Waals surface area contributed by atoms with Crippen LogP contribution < -0.4 is 10.4 Å². The van der Waals surface area contributed by atoms with Crippen molar-refractivity contribution >= 4 is 16.9 Å². The molecule has 0 unspecified atom stereocenters. The lowest BCUT2D eigenvalue weighted by Gasteiger charge is -2.34. The van der Waals surface area contributed by atoms with Gasteiger partial charge >= 0.3 is 11.6 Å². The van der Waals surface area contributed by atoms with Crippen LogP contribution in [0.25, 0.3) is 11.0 Å². The van der Waals surface area contributed by atoms with Crippen molar-refractivity contribution in [2.45, 2.75) is 38.2 Å². The molecule has 0 amide bonds. The van der Waals surface area contributed by atoms with Crippen LogP contribution in [0.5, 0.6) is 5.75 Å². The molecule has 0 aliphatic heterocycles. The number of hydrogen-bond donors (Lipinski definition) is 1. The molecule has 0 atom stereocenters. The first-order valence-electron chi connectivity index (χ1n) is 8.55. The van der Waals surface area contributed by atoms with E-state index in [0.717, 1.165) is 5.39 Å². The Labute approximate surface area is 145 Å². The first-order chi connectivity index (χ1) is 12.0. The smallest absolute Gasteiger partial charge is 0.336 e. The van der Waals surface area contributed by atoms with Gasteiger partial charge in [0.25, 0.3) is 0 Å². The van der Waals surface area contributed by atoms with Crippen LogP contribution in [0.1, 0.15) is 32.6 Å². The van der Waals surface area contributed by atoms with Crippen LogP contribution in [0.4, 0.5) is 0 Å². The van der Waals surface area contributed by atoms with Gasteiger partial charge in [-0.3, -0.25) is 4.79 Å². The normalized spacial score (nSPS) is 23.4. The fraction of sp³-hybridized carbons (Fsp3) is 0.474. The molecule has 1 aliphatic carbocycles. The average Bonchev–Trinajstić information content (AvgIpc) is 2.60. The number of carbonyl (C=O) groups excluding carboxylic acids is 1. The van der Waals surface area contributed by atoms with Crippen LogP contribution in [0.2, 0.25) is 0 Å². The summed E-state index contributed by atoms with van der Waals surface area (Å²) in [4.78, 5) is 23.1. The fourth-order valence-corrected chi connectivity index (χ4v) is 3.14. The monoisotopic (exact) mass is 346 g/mol. The lowest BCUT2D eigenvalue weighted by Crippen LogP contribution is -2.41. The molecule has 6 heteroatoms. The van der Waals surface area contributed by atoms with E-state index in [1.54, 1.807) is 31.2 Å². The summed E-state index contributed by atoms with van der Waals surface area (Å²) in [7, 11) is 0. The molecule has 1 aromatic carbocycles. The second kappa shape index (κ2) is 7.27. The standard InChI is InChI=1S/C19H22O6/c1-2-23-18(21)14-7-9-19(22,10-8-14)12-24-15-5-3-13-4-6-17(20)25-16(13)11-15/h3-6,11,14,22H,2,7-10,12H2,1H3. The zero-order valence-corrected chi connectivity index (χ0v) is 14.2. The van der Waals surface area contributed by atoms with Crippen LogP contribution in [0.3, 0.4) is 0 Å². The summed E-state index contributed by atoms with van der Waals surface area (Å²) in [5.74, 6) is 0.202. The van der Waals surface area contributed by atoms with Gasteiger partial charge in [0.15, 0.2) is 0 Å². The van der Waals surface area contributed by atoms with Gasteiger partial charge in [-0.1, -0.05) is 0 Å². The Morgan fingerprint density at radius 2 is 2.00 bits per heavy atom. The molecule has 1 fully saturated rings. The van der Waals surface area contributed by atoms with Crippen molar-refractivity contribution in [2.75, 3.05) is 13.2 Å².